The molecule has 0 unspecified atom stereocenters. The second-order valence-electron chi connectivity index (χ2n) is 9.51. The van der Waals surface area contributed by atoms with Gasteiger partial charge in [-0.25, -0.2) is 0 Å². The third-order valence-corrected chi connectivity index (χ3v) is 7.28. The number of halogens is 1. The second-order valence-corrected chi connectivity index (χ2v) is 9.92. The van der Waals surface area contributed by atoms with E-state index in [1.54, 1.807) is 24.3 Å². The van der Waals surface area contributed by atoms with E-state index >= 15 is 0 Å². The number of carbonyl (C=O) groups is 1. The Labute approximate surface area is 197 Å². The molecule has 1 amide bonds. The molecule has 5 rings (SSSR count). The Morgan fingerprint density at radius 2 is 1.94 bits per heavy atom. The van der Waals surface area contributed by atoms with Gasteiger partial charge in [0.25, 0.3) is 5.91 Å². The van der Waals surface area contributed by atoms with Gasteiger partial charge in [-0.1, -0.05) is 11.6 Å². The number of benzene rings is 1. The number of nitrogens with zero attached hydrogens (tertiary/aromatic N) is 4. The SMILES string of the molecule is N#Cc1ccc(O[C@H]2CC[C@H](NC(=O)c3ccc(N4CC5(CC(O)C5)C4)nn3)CC2)cc1Cl. The number of carbonyl (C=O) groups excluding carboxylic acids is 1. The van der Waals surface area contributed by atoms with Crippen LogP contribution in [-0.2, 0) is 0 Å². The molecule has 0 atom stereocenters. The molecule has 2 heterocycles. The number of aliphatic hydroxyl groups is 1. The first-order chi connectivity index (χ1) is 15.9. The topological polar surface area (TPSA) is 111 Å². The van der Waals surface area contributed by atoms with Crippen LogP contribution in [0.1, 0.15) is 54.6 Å². The minimum atomic E-state index is -0.209. The zero-order valence-electron chi connectivity index (χ0n) is 18.2. The fraction of sp³-hybridized carbons (Fsp3) is 0.500. The summed E-state index contributed by atoms with van der Waals surface area (Å²) in [6, 6.07) is 10.8. The zero-order chi connectivity index (χ0) is 23.0. The molecule has 2 aliphatic carbocycles. The highest BCUT2D eigenvalue weighted by atomic mass is 35.5. The first-order valence-corrected chi connectivity index (χ1v) is 11.7. The first kappa shape index (κ1) is 21.9. The maximum atomic E-state index is 12.6. The van der Waals surface area contributed by atoms with E-state index in [-0.39, 0.29) is 29.6 Å². The lowest BCUT2D eigenvalue weighted by molar-refractivity contribution is -0.0495. The highest BCUT2D eigenvalue weighted by molar-refractivity contribution is 6.31. The maximum Gasteiger partial charge on any atom is 0.272 e. The molecule has 33 heavy (non-hydrogen) atoms. The number of amides is 1. The quantitative estimate of drug-likeness (QED) is 0.694. The van der Waals surface area contributed by atoms with Gasteiger partial charge in [0.2, 0.25) is 0 Å². The van der Waals surface area contributed by atoms with Gasteiger partial charge in [-0.2, -0.15) is 5.26 Å². The molecule has 9 heteroatoms. The molecule has 0 radical (unpaired) electrons. The van der Waals surface area contributed by atoms with Crippen LogP contribution in [0.3, 0.4) is 0 Å². The van der Waals surface area contributed by atoms with Gasteiger partial charge in [0, 0.05) is 30.6 Å². The van der Waals surface area contributed by atoms with E-state index in [2.05, 4.69) is 20.4 Å². The molecule has 1 aromatic carbocycles. The summed E-state index contributed by atoms with van der Waals surface area (Å²) in [4.78, 5) is 14.8. The van der Waals surface area contributed by atoms with Crippen molar-refractivity contribution in [1.29, 1.82) is 5.26 Å². The van der Waals surface area contributed by atoms with Crippen molar-refractivity contribution in [3.05, 3.63) is 46.6 Å². The number of hydrogen-bond donors (Lipinski definition) is 2. The van der Waals surface area contributed by atoms with Crippen molar-refractivity contribution < 1.29 is 14.6 Å². The Bertz CT molecular complexity index is 1060. The summed E-state index contributed by atoms with van der Waals surface area (Å²) >= 11 is 6.08. The molecule has 2 aromatic rings. The normalized spacial score (nSPS) is 23.8. The number of aliphatic hydroxyl groups excluding tert-OH is 1. The standard InChI is InChI=1S/C24H26ClN5O3/c25-20-9-19(4-1-15(20)12-26)33-18-5-2-16(3-6-18)27-23(32)21-7-8-22(29-28-21)30-13-24(14-30)10-17(31)11-24/h1,4,7-9,16-18,31H,2-3,5-6,10-11,13-14H2,(H,27,32)/t16-,18-. The van der Waals surface area contributed by atoms with Gasteiger partial charge in [-0.3, -0.25) is 4.79 Å². The number of ether oxygens (including phenoxy) is 1. The minimum absolute atomic E-state index is 0.0535. The number of anilines is 1. The van der Waals surface area contributed by atoms with Crippen LogP contribution in [0.15, 0.2) is 30.3 Å². The molecule has 1 spiro atoms. The van der Waals surface area contributed by atoms with E-state index in [0.29, 0.717) is 22.0 Å². The van der Waals surface area contributed by atoms with E-state index in [0.717, 1.165) is 57.4 Å². The highest BCUT2D eigenvalue weighted by Gasteiger charge is 2.52. The Morgan fingerprint density at radius 3 is 2.55 bits per heavy atom. The van der Waals surface area contributed by atoms with Crippen molar-refractivity contribution >= 4 is 23.3 Å². The fourth-order valence-corrected chi connectivity index (χ4v) is 5.39. The lowest BCUT2D eigenvalue weighted by Crippen LogP contribution is -2.64. The summed E-state index contributed by atoms with van der Waals surface area (Å²) in [5.41, 5.74) is 1.00. The van der Waals surface area contributed by atoms with E-state index in [1.807, 2.05) is 12.1 Å². The molecule has 172 valence electrons. The molecule has 0 bridgehead atoms. The van der Waals surface area contributed by atoms with Crippen LogP contribution >= 0.6 is 11.6 Å². The molecule has 8 nitrogen and oxygen atoms in total. The van der Waals surface area contributed by atoms with Crippen molar-refractivity contribution in [3.8, 4) is 11.8 Å². The molecule has 2 saturated carbocycles. The lowest BCUT2D eigenvalue weighted by Gasteiger charge is -2.58. The first-order valence-electron chi connectivity index (χ1n) is 11.4. The zero-order valence-corrected chi connectivity index (χ0v) is 19.0. The Balaban J connectivity index is 1.07. The number of nitrogens with one attached hydrogen (secondary N) is 1. The molecule has 2 N–H and O–H groups in total. The predicted octanol–water partition coefficient (Wildman–Crippen LogP) is 3.08. The van der Waals surface area contributed by atoms with Crippen LogP contribution in [-0.4, -0.2) is 52.6 Å². The molecular weight excluding hydrogens is 442 g/mol. The van der Waals surface area contributed by atoms with Gasteiger partial charge in [0.15, 0.2) is 11.5 Å². The molecule has 3 aliphatic rings. The van der Waals surface area contributed by atoms with Crippen molar-refractivity contribution in [2.75, 3.05) is 18.0 Å². The van der Waals surface area contributed by atoms with Gasteiger partial charge >= 0.3 is 0 Å². The number of nitriles is 1. The van der Waals surface area contributed by atoms with E-state index in [9.17, 15) is 9.90 Å². The second kappa shape index (κ2) is 8.81. The van der Waals surface area contributed by atoms with Crippen molar-refractivity contribution in [2.24, 2.45) is 5.41 Å². The van der Waals surface area contributed by atoms with Crippen LogP contribution in [0.25, 0.3) is 0 Å². The summed E-state index contributed by atoms with van der Waals surface area (Å²) in [5, 5.41) is 30.3. The van der Waals surface area contributed by atoms with Crippen LogP contribution in [0.2, 0.25) is 5.02 Å². The van der Waals surface area contributed by atoms with Crippen LogP contribution in [0, 0.1) is 16.7 Å². The van der Waals surface area contributed by atoms with Gasteiger partial charge < -0.3 is 20.1 Å². The Kier molecular flexibility index (Phi) is 5.85. The third kappa shape index (κ3) is 4.61. The summed E-state index contributed by atoms with van der Waals surface area (Å²) in [6.45, 7) is 1.79. The lowest BCUT2D eigenvalue weighted by atomic mass is 9.62. The van der Waals surface area contributed by atoms with Gasteiger partial charge in [-0.05, 0) is 62.8 Å². The number of rotatable bonds is 5. The molecule has 1 aromatic heterocycles. The van der Waals surface area contributed by atoms with Crippen molar-refractivity contribution in [2.45, 2.75) is 56.8 Å². The Morgan fingerprint density at radius 1 is 1.18 bits per heavy atom. The summed E-state index contributed by atoms with van der Waals surface area (Å²) < 4.78 is 6.01. The molecule has 1 saturated heterocycles. The Hall–Kier alpha value is -2.89. The fourth-order valence-electron chi connectivity index (χ4n) is 5.18. The highest BCUT2D eigenvalue weighted by Crippen LogP contribution is 2.49. The molecule has 3 fully saturated rings. The maximum absolute atomic E-state index is 12.6. The van der Waals surface area contributed by atoms with Crippen LogP contribution in [0.4, 0.5) is 5.82 Å². The van der Waals surface area contributed by atoms with E-state index < -0.39 is 0 Å². The molecule has 1 aliphatic heterocycles. The summed E-state index contributed by atoms with van der Waals surface area (Å²) in [5.74, 6) is 1.22. The largest absolute Gasteiger partial charge is 0.490 e. The summed E-state index contributed by atoms with van der Waals surface area (Å²) in [7, 11) is 0. The number of aromatic nitrogens is 2. The van der Waals surface area contributed by atoms with E-state index in [4.69, 9.17) is 21.6 Å². The predicted molar refractivity (Wildman–Crippen MR) is 122 cm³/mol. The summed E-state index contributed by atoms with van der Waals surface area (Å²) in [6.07, 6.45) is 4.90. The van der Waals surface area contributed by atoms with Gasteiger partial charge in [-0.15, -0.1) is 10.2 Å². The monoisotopic (exact) mass is 467 g/mol. The van der Waals surface area contributed by atoms with Crippen molar-refractivity contribution in [1.82, 2.24) is 15.5 Å². The van der Waals surface area contributed by atoms with Crippen LogP contribution < -0.4 is 15.0 Å². The average molecular weight is 468 g/mol. The smallest absolute Gasteiger partial charge is 0.272 e. The molecular formula is C24H26ClN5O3. The third-order valence-electron chi connectivity index (χ3n) is 6.97. The van der Waals surface area contributed by atoms with Crippen molar-refractivity contribution in [3.63, 3.8) is 0 Å². The van der Waals surface area contributed by atoms with Gasteiger partial charge in [0.05, 0.1) is 22.8 Å². The minimum Gasteiger partial charge on any atom is -0.490 e. The van der Waals surface area contributed by atoms with E-state index in [1.165, 1.54) is 0 Å². The van der Waals surface area contributed by atoms with Crippen LogP contribution in [0.5, 0.6) is 5.75 Å². The number of hydrogen-bond acceptors (Lipinski definition) is 7. The average Bonchev–Trinajstić information content (AvgIpc) is 2.77. The van der Waals surface area contributed by atoms with Gasteiger partial charge in [0.1, 0.15) is 11.8 Å².